The molecule has 32 heavy (non-hydrogen) atoms. The van der Waals surface area contributed by atoms with Gasteiger partial charge in [-0.3, -0.25) is 4.79 Å². The monoisotopic (exact) mass is 437 g/mol. The Balaban J connectivity index is 1.94. The molecule has 0 atom stereocenters. The van der Waals surface area contributed by atoms with Crippen molar-refractivity contribution >= 4 is 17.3 Å². The molecule has 0 bridgehead atoms. The van der Waals surface area contributed by atoms with Gasteiger partial charge in [0.25, 0.3) is 5.91 Å². The molecule has 2 aromatic carbocycles. The molecule has 3 rings (SSSR count). The zero-order valence-corrected chi connectivity index (χ0v) is 20.0. The Morgan fingerprint density at radius 1 is 1.06 bits per heavy atom. The van der Waals surface area contributed by atoms with E-state index in [0.29, 0.717) is 28.6 Å². The third-order valence-electron chi connectivity index (χ3n) is 5.27. The highest BCUT2D eigenvalue weighted by atomic mass is 16.5. The lowest BCUT2D eigenvalue weighted by Crippen LogP contribution is -2.20. The van der Waals surface area contributed by atoms with E-state index in [0.717, 1.165) is 11.3 Å². The zero-order valence-electron chi connectivity index (χ0n) is 20.0. The van der Waals surface area contributed by atoms with Gasteiger partial charge in [-0.05, 0) is 48.2 Å². The zero-order chi connectivity index (χ0) is 23.6. The number of hydrogen-bond acceptors (Lipinski definition) is 6. The van der Waals surface area contributed by atoms with Gasteiger partial charge in [-0.25, -0.2) is 4.68 Å². The van der Waals surface area contributed by atoms with Gasteiger partial charge in [0.15, 0.2) is 5.69 Å². The van der Waals surface area contributed by atoms with Gasteiger partial charge in [0.05, 0.1) is 19.9 Å². The third kappa shape index (κ3) is 4.54. The first kappa shape index (κ1) is 23.1. The summed E-state index contributed by atoms with van der Waals surface area (Å²) in [4.78, 5) is 15.1. The molecule has 8 nitrogen and oxygen atoms in total. The number of nitrogens with one attached hydrogen (secondary N) is 1. The van der Waals surface area contributed by atoms with Crippen LogP contribution in [0.25, 0.3) is 5.69 Å². The van der Waals surface area contributed by atoms with Crippen molar-refractivity contribution in [3.63, 3.8) is 0 Å². The van der Waals surface area contributed by atoms with Crippen LogP contribution in [0.1, 0.15) is 42.5 Å². The average Bonchev–Trinajstić information content (AvgIpc) is 3.13. The predicted octanol–water partition coefficient (Wildman–Crippen LogP) is 4.21. The Kier molecular flexibility index (Phi) is 6.43. The summed E-state index contributed by atoms with van der Waals surface area (Å²) in [7, 11) is 7.19. The van der Waals surface area contributed by atoms with E-state index in [1.807, 2.05) is 32.3 Å². The van der Waals surface area contributed by atoms with Crippen molar-refractivity contribution < 1.29 is 14.3 Å². The van der Waals surface area contributed by atoms with Crippen LogP contribution in [0.2, 0.25) is 0 Å². The van der Waals surface area contributed by atoms with Crippen LogP contribution >= 0.6 is 0 Å². The van der Waals surface area contributed by atoms with E-state index >= 15 is 0 Å². The van der Waals surface area contributed by atoms with Crippen LogP contribution in [-0.4, -0.2) is 49.2 Å². The van der Waals surface area contributed by atoms with Crippen molar-refractivity contribution in [3.8, 4) is 17.2 Å². The lowest BCUT2D eigenvalue weighted by Gasteiger charge is -2.27. The molecule has 0 saturated heterocycles. The first-order chi connectivity index (χ1) is 15.1. The maximum atomic E-state index is 13.0. The fourth-order valence-electron chi connectivity index (χ4n) is 3.52. The van der Waals surface area contributed by atoms with Crippen LogP contribution in [0.3, 0.4) is 0 Å². The number of rotatable bonds is 6. The Hall–Kier alpha value is -3.55. The summed E-state index contributed by atoms with van der Waals surface area (Å²) >= 11 is 0. The molecule has 1 aromatic heterocycles. The van der Waals surface area contributed by atoms with Crippen molar-refractivity contribution in [2.24, 2.45) is 0 Å². The van der Waals surface area contributed by atoms with Gasteiger partial charge in [0, 0.05) is 31.5 Å². The van der Waals surface area contributed by atoms with E-state index in [1.54, 1.807) is 44.0 Å². The van der Waals surface area contributed by atoms with Crippen molar-refractivity contribution in [1.29, 1.82) is 0 Å². The predicted molar refractivity (Wildman–Crippen MR) is 127 cm³/mol. The third-order valence-corrected chi connectivity index (χ3v) is 5.27. The van der Waals surface area contributed by atoms with Crippen LogP contribution in [0.4, 0.5) is 11.4 Å². The number of carbonyl (C=O) groups excluding carboxylic acids is 1. The largest absolute Gasteiger partial charge is 0.497 e. The minimum Gasteiger partial charge on any atom is -0.497 e. The minimum absolute atomic E-state index is 0.0810. The summed E-state index contributed by atoms with van der Waals surface area (Å²) in [6.07, 6.45) is 0. The molecule has 0 spiro atoms. The van der Waals surface area contributed by atoms with E-state index in [-0.39, 0.29) is 17.0 Å². The second kappa shape index (κ2) is 8.90. The van der Waals surface area contributed by atoms with E-state index in [2.05, 4.69) is 41.3 Å². The number of amides is 1. The maximum absolute atomic E-state index is 13.0. The second-order valence-corrected chi connectivity index (χ2v) is 8.80. The van der Waals surface area contributed by atoms with Gasteiger partial charge < -0.3 is 19.7 Å². The van der Waals surface area contributed by atoms with Gasteiger partial charge in [-0.2, -0.15) is 0 Å². The summed E-state index contributed by atoms with van der Waals surface area (Å²) < 4.78 is 12.3. The highest BCUT2D eigenvalue weighted by Gasteiger charge is 2.22. The number of ether oxygens (including phenoxy) is 2. The van der Waals surface area contributed by atoms with Crippen molar-refractivity contribution in [3.05, 3.63) is 53.3 Å². The van der Waals surface area contributed by atoms with Gasteiger partial charge in [-0.1, -0.05) is 26.0 Å². The summed E-state index contributed by atoms with van der Waals surface area (Å²) in [5.41, 5.74) is 4.35. The van der Waals surface area contributed by atoms with E-state index in [1.165, 1.54) is 0 Å². The molecule has 1 heterocycles. The number of anilines is 2. The molecule has 0 unspecified atom stereocenters. The molecular weight excluding hydrogens is 406 g/mol. The molecular formula is C24H31N5O3. The van der Waals surface area contributed by atoms with Gasteiger partial charge in [0.1, 0.15) is 17.2 Å². The molecule has 0 radical (unpaired) electrons. The standard InChI is InChI=1S/C24H31N5O3/c1-15-22(26-27-29(15)20-14-17(31-7)10-12-21(20)32-8)23(30)25-16-9-11-19(28(5)6)18(13-16)24(2,3)4/h9-14H,1-8H3,(H,25,30). The summed E-state index contributed by atoms with van der Waals surface area (Å²) in [6, 6.07) is 11.3. The normalized spacial score (nSPS) is 11.2. The number of aromatic nitrogens is 3. The summed E-state index contributed by atoms with van der Waals surface area (Å²) in [5.74, 6) is 0.922. The van der Waals surface area contributed by atoms with E-state index in [9.17, 15) is 4.79 Å². The Labute approximate surface area is 189 Å². The first-order valence-electron chi connectivity index (χ1n) is 10.3. The van der Waals surface area contributed by atoms with E-state index < -0.39 is 0 Å². The van der Waals surface area contributed by atoms with Gasteiger partial charge in [0.2, 0.25) is 0 Å². The SMILES string of the molecule is COc1ccc(OC)c(-n2nnc(C(=O)Nc3ccc(N(C)C)c(C(C)(C)C)c3)c2C)c1. The number of nitrogens with zero attached hydrogens (tertiary/aromatic N) is 4. The van der Waals surface area contributed by atoms with Crippen LogP contribution in [0.15, 0.2) is 36.4 Å². The molecule has 0 aliphatic rings. The molecule has 0 aliphatic heterocycles. The highest BCUT2D eigenvalue weighted by molar-refractivity contribution is 6.03. The second-order valence-electron chi connectivity index (χ2n) is 8.80. The molecule has 0 fully saturated rings. The topological polar surface area (TPSA) is 81.5 Å². The Bertz CT molecular complexity index is 1130. The lowest BCUT2D eigenvalue weighted by atomic mass is 9.85. The van der Waals surface area contributed by atoms with Crippen LogP contribution in [0.5, 0.6) is 11.5 Å². The van der Waals surface area contributed by atoms with Crippen molar-refractivity contribution in [2.75, 3.05) is 38.5 Å². The smallest absolute Gasteiger partial charge is 0.278 e. The number of methoxy groups -OCH3 is 2. The van der Waals surface area contributed by atoms with Crippen LogP contribution in [-0.2, 0) is 5.41 Å². The fraction of sp³-hybridized carbons (Fsp3) is 0.375. The van der Waals surface area contributed by atoms with Crippen LogP contribution in [0, 0.1) is 6.92 Å². The quantitative estimate of drug-likeness (QED) is 0.622. The summed E-state index contributed by atoms with van der Waals surface area (Å²) in [5, 5.41) is 11.3. The lowest BCUT2D eigenvalue weighted by molar-refractivity contribution is 0.102. The highest BCUT2D eigenvalue weighted by Crippen LogP contribution is 2.34. The van der Waals surface area contributed by atoms with Gasteiger partial charge in [-0.15, -0.1) is 5.10 Å². The number of hydrogen-bond donors (Lipinski definition) is 1. The average molecular weight is 438 g/mol. The Morgan fingerprint density at radius 3 is 2.38 bits per heavy atom. The number of carbonyl (C=O) groups is 1. The molecule has 0 aliphatic carbocycles. The molecule has 0 saturated carbocycles. The van der Waals surface area contributed by atoms with Gasteiger partial charge >= 0.3 is 0 Å². The molecule has 1 amide bonds. The first-order valence-corrected chi connectivity index (χ1v) is 10.3. The Morgan fingerprint density at radius 2 is 1.78 bits per heavy atom. The van der Waals surface area contributed by atoms with Crippen molar-refractivity contribution in [2.45, 2.75) is 33.1 Å². The molecule has 8 heteroatoms. The molecule has 170 valence electrons. The van der Waals surface area contributed by atoms with Crippen molar-refractivity contribution in [1.82, 2.24) is 15.0 Å². The minimum atomic E-state index is -0.326. The summed E-state index contributed by atoms with van der Waals surface area (Å²) in [6.45, 7) is 8.25. The molecule has 3 aromatic rings. The molecule has 1 N–H and O–H groups in total. The van der Waals surface area contributed by atoms with Crippen LogP contribution < -0.4 is 19.7 Å². The maximum Gasteiger partial charge on any atom is 0.278 e. The fourth-order valence-corrected chi connectivity index (χ4v) is 3.52. The number of benzene rings is 2. The van der Waals surface area contributed by atoms with E-state index in [4.69, 9.17) is 9.47 Å².